The average molecular weight is 314 g/mol. The van der Waals surface area contributed by atoms with E-state index in [1.807, 2.05) is 0 Å². The largest absolute Gasteiger partial charge is 0.336 e. The van der Waals surface area contributed by atoms with E-state index in [4.69, 9.17) is 11.6 Å². The summed E-state index contributed by atoms with van der Waals surface area (Å²) >= 11 is 5.69. The first-order valence-electron chi connectivity index (χ1n) is 7.73. The van der Waals surface area contributed by atoms with Crippen molar-refractivity contribution in [3.05, 3.63) is 29.0 Å². The van der Waals surface area contributed by atoms with Gasteiger partial charge in [-0.1, -0.05) is 30.9 Å². The summed E-state index contributed by atoms with van der Waals surface area (Å²) in [6, 6.07) is 4.78. The molecule has 0 aromatic heterocycles. The van der Waals surface area contributed by atoms with Crippen LogP contribution in [0.5, 0.6) is 0 Å². The molecule has 1 aliphatic carbocycles. The van der Waals surface area contributed by atoms with Crippen molar-refractivity contribution in [3.8, 4) is 0 Å². The smallest absolute Gasteiger partial charge is 0.279 e. The molecule has 0 radical (unpaired) electrons. The first kappa shape index (κ1) is 16.2. The van der Waals surface area contributed by atoms with Crippen LogP contribution in [0.15, 0.2) is 18.2 Å². The van der Waals surface area contributed by atoms with Crippen LogP contribution in [0.2, 0.25) is 5.02 Å². The Bertz CT molecular complexity index is 473. The molecule has 1 aromatic carbocycles. The Labute approximate surface area is 130 Å². The number of rotatable bonds is 4. The lowest BCUT2D eigenvalue weighted by molar-refractivity contribution is -0.680. The Morgan fingerprint density at radius 3 is 2.57 bits per heavy atom. The third kappa shape index (κ3) is 5.64. The van der Waals surface area contributed by atoms with E-state index in [0.29, 0.717) is 17.6 Å². The molecule has 5 heteroatoms. The number of anilines is 1. The van der Waals surface area contributed by atoms with Gasteiger partial charge in [0.1, 0.15) is 5.82 Å². The monoisotopic (exact) mass is 313 g/mol. The Balaban J connectivity index is 1.78. The normalized spacial score (nSPS) is 17.0. The van der Waals surface area contributed by atoms with Crippen LogP contribution < -0.4 is 10.6 Å². The summed E-state index contributed by atoms with van der Waals surface area (Å²) in [7, 11) is 0. The van der Waals surface area contributed by atoms with Crippen LogP contribution in [0.3, 0.4) is 0 Å². The zero-order valence-electron chi connectivity index (χ0n) is 12.2. The molecule has 0 aliphatic heterocycles. The second-order valence-electron chi connectivity index (χ2n) is 5.72. The summed E-state index contributed by atoms with van der Waals surface area (Å²) in [5.74, 6) is -0.667. The fraction of sp³-hybridized carbons (Fsp3) is 0.562. The summed E-state index contributed by atoms with van der Waals surface area (Å²) in [6.07, 6.45) is 8.76. The maximum Gasteiger partial charge on any atom is 0.279 e. The van der Waals surface area contributed by atoms with Gasteiger partial charge in [0, 0.05) is 5.02 Å². The summed E-state index contributed by atoms with van der Waals surface area (Å²) in [5.41, 5.74) is 0.190. The zero-order valence-corrected chi connectivity index (χ0v) is 13.0. The summed E-state index contributed by atoms with van der Waals surface area (Å²) in [5, 5.41) is 5.02. The number of quaternary nitrogens is 1. The third-order valence-corrected chi connectivity index (χ3v) is 4.23. The van der Waals surface area contributed by atoms with E-state index in [0.717, 1.165) is 0 Å². The highest BCUT2D eigenvalue weighted by atomic mass is 35.5. The predicted octanol–water partition coefficient (Wildman–Crippen LogP) is 3.09. The highest BCUT2D eigenvalue weighted by Crippen LogP contribution is 2.18. The van der Waals surface area contributed by atoms with Gasteiger partial charge in [-0.25, -0.2) is 4.39 Å². The lowest BCUT2D eigenvalue weighted by Crippen LogP contribution is -2.91. The average Bonchev–Trinajstić information content (AvgIpc) is 2.41. The Morgan fingerprint density at radius 2 is 1.90 bits per heavy atom. The number of carbonyl (C=O) groups excluding carboxylic acids is 1. The van der Waals surface area contributed by atoms with Crippen LogP contribution in [-0.2, 0) is 4.79 Å². The van der Waals surface area contributed by atoms with Gasteiger partial charge in [0.25, 0.3) is 5.91 Å². The molecule has 1 aromatic rings. The summed E-state index contributed by atoms with van der Waals surface area (Å²) in [6.45, 7) is 0.340. The Morgan fingerprint density at radius 1 is 1.24 bits per heavy atom. The fourth-order valence-corrected chi connectivity index (χ4v) is 2.95. The van der Waals surface area contributed by atoms with E-state index in [1.54, 1.807) is 6.07 Å². The van der Waals surface area contributed by atoms with E-state index >= 15 is 0 Å². The second kappa shape index (κ2) is 8.35. The van der Waals surface area contributed by atoms with Gasteiger partial charge in [0.15, 0.2) is 6.54 Å². The number of carbonyl (C=O) groups is 1. The van der Waals surface area contributed by atoms with Crippen LogP contribution in [0, 0.1) is 5.82 Å². The molecule has 1 fully saturated rings. The number of nitrogens with one attached hydrogen (secondary N) is 1. The standard InChI is InChI=1S/C16H22ClFN2O/c17-12-8-9-15(14(18)10-12)20-16(21)11-19-13-6-4-2-1-3-5-7-13/h8-10,13,19H,1-7,11H2,(H,20,21)/p+1. The van der Waals surface area contributed by atoms with Gasteiger partial charge in [0.2, 0.25) is 0 Å². The van der Waals surface area contributed by atoms with Crippen LogP contribution in [-0.4, -0.2) is 18.5 Å². The minimum Gasteiger partial charge on any atom is -0.336 e. The van der Waals surface area contributed by atoms with Crippen molar-refractivity contribution in [1.29, 1.82) is 0 Å². The van der Waals surface area contributed by atoms with Crippen molar-refractivity contribution in [1.82, 2.24) is 0 Å². The molecule has 116 valence electrons. The first-order chi connectivity index (χ1) is 10.1. The minimum absolute atomic E-state index is 0.168. The van der Waals surface area contributed by atoms with Crippen molar-refractivity contribution >= 4 is 23.2 Å². The number of benzene rings is 1. The molecule has 2 rings (SSSR count). The number of nitrogens with two attached hydrogens (primary N) is 1. The van der Waals surface area contributed by atoms with Crippen molar-refractivity contribution in [2.75, 3.05) is 11.9 Å². The molecular formula is C16H23ClFN2O+. The number of hydrogen-bond acceptors (Lipinski definition) is 1. The molecule has 1 aliphatic rings. The van der Waals surface area contributed by atoms with Gasteiger partial charge >= 0.3 is 0 Å². The van der Waals surface area contributed by atoms with Gasteiger partial charge in [-0.15, -0.1) is 0 Å². The number of hydrogen-bond donors (Lipinski definition) is 2. The van der Waals surface area contributed by atoms with Crippen molar-refractivity contribution < 1.29 is 14.5 Å². The lowest BCUT2D eigenvalue weighted by atomic mass is 9.97. The predicted molar refractivity (Wildman–Crippen MR) is 82.9 cm³/mol. The zero-order chi connectivity index (χ0) is 15.1. The van der Waals surface area contributed by atoms with E-state index in [2.05, 4.69) is 10.6 Å². The van der Waals surface area contributed by atoms with Gasteiger partial charge < -0.3 is 10.6 Å². The number of amides is 1. The Hall–Kier alpha value is -1.13. The van der Waals surface area contributed by atoms with Gasteiger partial charge in [0.05, 0.1) is 11.7 Å². The van der Waals surface area contributed by atoms with Crippen LogP contribution in [0.1, 0.15) is 44.9 Å². The Kier molecular flexibility index (Phi) is 6.46. The highest BCUT2D eigenvalue weighted by Gasteiger charge is 2.16. The molecule has 1 saturated carbocycles. The third-order valence-electron chi connectivity index (χ3n) is 3.99. The molecule has 3 nitrogen and oxygen atoms in total. The van der Waals surface area contributed by atoms with E-state index < -0.39 is 5.82 Å². The maximum atomic E-state index is 13.6. The maximum absolute atomic E-state index is 13.6. The molecule has 3 N–H and O–H groups in total. The molecule has 21 heavy (non-hydrogen) atoms. The minimum atomic E-state index is -0.498. The molecule has 0 bridgehead atoms. The van der Waals surface area contributed by atoms with Gasteiger partial charge in [-0.3, -0.25) is 4.79 Å². The summed E-state index contributed by atoms with van der Waals surface area (Å²) in [4.78, 5) is 11.9. The van der Waals surface area contributed by atoms with E-state index in [1.165, 1.54) is 57.1 Å². The molecule has 0 unspecified atom stereocenters. The van der Waals surface area contributed by atoms with E-state index in [9.17, 15) is 9.18 Å². The van der Waals surface area contributed by atoms with Crippen LogP contribution in [0.4, 0.5) is 10.1 Å². The molecule has 1 amide bonds. The molecule has 0 atom stereocenters. The molecule has 0 saturated heterocycles. The van der Waals surface area contributed by atoms with Crippen molar-refractivity contribution in [2.45, 2.75) is 51.0 Å². The molecular weight excluding hydrogens is 291 g/mol. The first-order valence-corrected chi connectivity index (χ1v) is 8.11. The van der Waals surface area contributed by atoms with Gasteiger partial charge in [-0.2, -0.15) is 0 Å². The quantitative estimate of drug-likeness (QED) is 0.881. The second-order valence-corrected chi connectivity index (χ2v) is 6.15. The van der Waals surface area contributed by atoms with E-state index in [-0.39, 0.29) is 11.6 Å². The number of halogens is 2. The fourth-order valence-electron chi connectivity index (χ4n) is 2.79. The molecule has 0 spiro atoms. The summed E-state index contributed by atoms with van der Waals surface area (Å²) < 4.78 is 13.6. The van der Waals surface area contributed by atoms with Crippen molar-refractivity contribution in [2.24, 2.45) is 0 Å². The van der Waals surface area contributed by atoms with Crippen LogP contribution >= 0.6 is 11.6 Å². The van der Waals surface area contributed by atoms with Gasteiger partial charge in [-0.05, 0) is 43.9 Å². The van der Waals surface area contributed by atoms with Crippen molar-refractivity contribution in [3.63, 3.8) is 0 Å². The lowest BCUT2D eigenvalue weighted by Gasteiger charge is -2.18. The molecule has 0 heterocycles. The SMILES string of the molecule is O=C(C[NH2+]C1CCCCCCC1)Nc1ccc(Cl)cc1F. The topological polar surface area (TPSA) is 45.7 Å². The van der Waals surface area contributed by atoms with Crippen LogP contribution in [0.25, 0.3) is 0 Å². The highest BCUT2D eigenvalue weighted by molar-refractivity contribution is 6.30.